The van der Waals surface area contributed by atoms with Crippen molar-refractivity contribution in [3.05, 3.63) is 0 Å². The van der Waals surface area contributed by atoms with Gasteiger partial charge in [0, 0.05) is 13.0 Å². The zero-order chi connectivity index (χ0) is 10.1. The van der Waals surface area contributed by atoms with Crippen LogP contribution in [0.1, 0.15) is 6.42 Å². The molecule has 3 N–H and O–H groups in total. The first-order valence-electron chi connectivity index (χ1n) is 4.59. The van der Waals surface area contributed by atoms with E-state index in [9.17, 15) is 5.11 Å². The monoisotopic (exact) mass is 218 g/mol. The van der Waals surface area contributed by atoms with Crippen molar-refractivity contribution < 1.29 is 14.9 Å². The SMILES string of the molecule is N=C1CN([C@@H]2C[C@H](O)[C@@H](CO)O2)CS1. The van der Waals surface area contributed by atoms with Gasteiger partial charge >= 0.3 is 0 Å². The molecular weight excluding hydrogens is 204 g/mol. The Morgan fingerprint density at radius 1 is 1.64 bits per heavy atom. The summed E-state index contributed by atoms with van der Waals surface area (Å²) < 4.78 is 5.47. The third-order valence-electron chi connectivity index (χ3n) is 2.54. The second-order valence-electron chi connectivity index (χ2n) is 3.56. The number of aliphatic hydroxyl groups excluding tert-OH is 2. The third-order valence-corrected chi connectivity index (χ3v) is 3.48. The number of ether oxygens (including phenoxy) is 1. The summed E-state index contributed by atoms with van der Waals surface area (Å²) >= 11 is 1.49. The van der Waals surface area contributed by atoms with Gasteiger partial charge in [0.05, 0.1) is 23.6 Å². The molecule has 0 aromatic heterocycles. The predicted molar refractivity (Wildman–Crippen MR) is 53.3 cm³/mol. The molecule has 2 heterocycles. The molecular formula is C8H14N2O3S. The van der Waals surface area contributed by atoms with Gasteiger partial charge in [0.1, 0.15) is 12.3 Å². The second kappa shape index (κ2) is 4.16. The highest BCUT2D eigenvalue weighted by Gasteiger charge is 2.38. The summed E-state index contributed by atoms with van der Waals surface area (Å²) in [6, 6.07) is 0. The molecule has 14 heavy (non-hydrogen) atoms. The smallest absolute Gasteiger partial charge is 0.114 e. The van der Waals surface area contributed by atoms with Crippen molar-refractivity contribution in [1.82, 2.24) is 4.90 Å². The quantitative estimate of drug-likeness (QED) is 0.579. The van der Waals surface area contributed by atoms with E-state index in [4.69, 9.17) is 15.3 Å². The number of nitrogens with zero attached hydrogens (tertiary/aromatic N) is 1. The lowest BCUT2D eigenvalue weighted by Gasteiger charge is -2.21. The maximum atomic E-state index is 9.51. The van der Waals surface area contributed by atoms with Crippen LogP contribution >= 0.6 is 11.8 Å². The van der Waals surface area contributed by atoms with E-state index in [0.29, 0.717) is 18.0 Å². The number of thioether (sulfide) groups is 1. The van der Waals surface area contributed by atoms with E-state index >= 15 is 0 Å². The maximum absolute atomic E-state index is 9.51. The first-order valence-corrected chi connectivity index (χ1v) is 5.58. The largest absolute Gasteiger partial charge is 0.394 e. The summed E-state index contributed by atoms with van der Waals surface area (Å²) in [6.45, 7) is 0.455. The van der Waals surface area contributed by atoms with Gasteiger partial charge in [-0.15, -0.1) is 0 Å². The van der Waals surface area contributed by atoms with Gasteiger partial charge in [-0.05, 0) is 0 Å². The van der Waals surface area contributed by atoms with Crippen molar-refractivity contribution in [2.24, 2.45) is 0 Å². The Kier molecular flexibility index (Phi) is 3.08. The van der Waals surface area contributed by atoms with Crippen LogP contribution in [0.5, 0.6) is 0 Å². The molecule has 0 radical (unpaired) electrons. The van der Waals surface area contributed by atoms with E-state index in [0.717, 1.165) is 5.88 Å². The van der Waals surface area contributed by atoms with Crippen LogP contribution in [0.3, 0.4) is 0 Å². The van der Waals surface area contributed by atoms with Crippen LogP contribution in [0.4, 0.5) is 0 Å². The fourth-order valence-corrected chi connectivity index (χ4v) is 2.56. The molecule has 2 saturated heterocycles. The second-order valence-corrected chi connectivity index (χ2v) is 4.60. The first kappa shape index (κ1) is 10.4. The van der Waals surface area contributed by atoms with Gasteiger partial charge in [-0.1, -0.05) is 11.8 Å². The lowest BCUT2D eigenvalue weighted by molar-refractivity contribution is -0.0673. The zero-order valence-electron chi connectivity index (χ0n) is 7.72. The standard InChI is InChI=1S/C8H14N2O3S/c9-7-2-10(4-14-7)8-1-5(12)6(3-11)13-8/h5-6,8-9,11-12H,1-4H2/t5-,6+,8-/m0/s1. The van der Waals surface area contributed by atoms with Crippen LogP contribution in [0.25, 0.3) is 0 Å². The van der Waals surface area contributed by atoms with Crippen LogP contribution in [-0.2, 0) is 4.74 Å². The highest BCUT2D eigenvalue weighted by atomic mass is 32.2. The van der Waals surface area contributed by atoms with E-state index in [1.165, 1.54) is 11.8 Å². The summed E-state index contributed by atoms with van der Waals surface area (Å²) in [5, 5.41) is 26.5. The molecule has 0 bridgehead atoms. The van der Waals surface area contributed by atoms with Crippen LogP contribution in [0, 0.1) is 5.41 Å². The summed E-state index contributed by atoms with van der Waals surface area (Å²) in [6.07, 6.45) is -0.652. The predicted octanol–water partition coefficient (Wildman–Crippen LogP) is -0.562. The Morgan fingerprint density at radius 2 is 2.43 bits per heavy atom. The maximum Gasteiger partial charge on any atom is 0.114 e. The Bertz CT molecular complexity index is 239. The van der Waals surface area contributed by atoms with Gasteiger partial charge in [-0.2, -0.15) is 0 Å². The topological polar surface area (TPSA) is 76.8 Å². The number of rotatable bonds is 2. The average Bonchev–Trinajstić information content (AvgIpc) is 2.71. The Balaban J connectivity index is 1.91. The highest BCUT2D eigenvalue weighted by Crippen LogP contribution is 2.27. The molecule has 2 aliphatic rings. The van der Waals surface area contributed by atoms with Crippen LogP contribution < -0.4 is 0 Å². The normalized spacial score (nSPS) is 39.6. The van der Waals surface area contributed by atoms with Crippen molar-refractivity contribution in [1.29, 1.82) is 5.41 Å². The van der Waals surface area contributed by atoms with Gasteiger partial charge < -0.3 is 14.9 Å². The summed E-state index contributed by atoms with van der Waals surface area (Å²) in [7, 11) is 0. The molecule has 0 amide bonds. The zero-order valence-corrected chi connectivity index (χ0v) is 8.54. The van der Waals surface area contributed by atoms with E-state index in [-0.39, 0.29) is 12.8 Å². The Labute approximate surface area is 86.6 Å². The molecule has 0 aromatic rings. The van der Waals surface area contributed by atoms with Crippen molar-refractivity contribution in [2.75, 3.05) is 19.0 Å². The molecule has 5 nitrogen and oxygen atoms in total. The molecule has 2 aliphatic heterocycles. The lowest BCUT2D eigenvalue weighted by Crippen LogP contribution is -2.33. The molecule has 3 atom stereocenters. The van der Waals surface area contributed by atoms with Crippen molar-refractivity contribution >= 4 is 16.8 Å². The minimum atomic E-state index is -0.579. The number of aliphatic hydroxyl groups is 2. The number of nitrogens with one attached hydrogen (secondary N) is 1. The van der Waals surface area contributed by atoms with E-state index in [2.05, 4.69) is 0 Å². The molecule has 0 aliphatic carbocycles. The van der Waals surface area contributed by atoms with Crippen molar-refractivity contribution in [3.63, 3.8) is 0 Å². The van der Waals surface area contributed by atoms with Crippen molar-refractivity contribution in [3.8, 4) is 0 Å². The molecule has 0 saturated carbocycles. The molecule has 0 aromatic carbocycles. The van der Waals surface area contributed by atoms with Crippen molar-refractivity contribution in [2.45, 2.75) is 24.9 Å². The minimum absolute atomic E-state index is 0.141. The van der Waals surface area contributed by atoms with Gasteiger partial charge in [0.2, 0.25) is 0 Å². The summed E-state index contributed by atoms with van der Waals surface area (Å²) in [5.41, 5.74) is 0. The molecule has 0 spiro atoms. The van der Waals surface area contributed by atoms with E-state index in [1.54, 1.807) is 0 Å². The Morgan fingerprint density at radius 3 is 2.93 bits per heavy atom. The van der Waals surface area contributed by atoms with Gasteiger partial charge in [0.15, 0.2) is 0 Å². The first-order chi connectivity index (χ1) is 6.70. The van der Waals surface area contributed by atoms with Gasteiger partial charge in [0.25, 0.3) is 0 Å². The average molecular weight is 218 g/mol. The molecule has 6 heteroatoms. The van der Waals surface area contributed by atoms with E-state index < -0.39 is 12.2 Å². The third kappa shape index (κ3) is 1.94. The fourth-order valence-electron chi connectivity index (χ4n) is 1.73. The lowest BCUT2D eigenvalue weighted by atomic mass is 10.2. The highest BCUT2D eigenvalue weighted by molar-refractivity contribution is 8.14. The van der Waals surface area contributed by atoms with Crippen LogP contribution in [-0.4, -0.2) is 57.6 Å². The van der Waals surface area contributed by atoms with E-state index in [1.807, 2.05) is 4.90 Å². The molecule has 0 unspecified atom stereocenters. The fraction of sp³-hybridized carbons (Fsp3) is 0.875. The minimum Gasteiger partial charge on any atom is -0.394 e. The summed E-state index contributed by atoms with van der Waals surface area (Å²) in [5.74, 6) is 0.744. The van der Waals surface area contributed by atoms with Crippen LogP contribution in [0.15, 0.2) is 0 Å². The Hall–Kier alpha value is -0.140. The molecule has 2 fully saturated rings. The van der Waals surface area contributed by atoms with Gasteiger partial charge in [-0.25, -0.2) is 0 Å². The number of hydrogen-bond acceptors (Lipinski definition) is 6. The molecule has 80 valence electrons. The van der Waals surface area contributed by atoms with Gasteiger partial charge in [-0.3, -0.25) is 10.3 Å². The van der Waals surface area contributed by atoms with Crippen LogP contribution in [0.2, 0.25) is 0 Å². The number of hydrogen-bond donors (Lipinski definition) is 3. The summed E-state index contributed by atoms with van der Waals surface area (Å²) in [4.78, 5) is 2.01. The molecule has 2 rings (SSSR count).